The fourth-order valence-electron chi connectivity index (χ4n) is 1.78. The first kappa shape index (κ1) is 16.0. The van der Waals surface area contributed by atoms with Crippen molar-refractivity contribution >= 4 is 0 Å². The predicted octanol–water partition coefficient (Wildman–Crippen LogP) is 3.37. The van der Waals surface area contributed by atoms with Crippen LogP contribution in [0.1, 0.15) is 37.9 Å². The van der Waals surface area contributed by atoms with E-state index < -0.39 is 23.9 Å². The highest BCUT2D eigenvalue weighted by atomic mass is 19.4. The normalized spacial score (nSPS) is 15.6. The van der Waals surface area contributed by atoms with Gasteiger partial charge in [-0.2, -0.15) is 13.2 Å². The van der Waals surface area contributed by atoms with Crippen molar-refractivity contribution in [2.24, 2.45) is 5.92 Å². The van der Waals surface area contributed by atoms with Crippen LogP contribution in [0, 0.1) is 5.92 Å². The average Bonchev–Trinajstić information content (AvgIpc) is 2.34. The number of hydrogen-bond donors (Lipinski definition) is 2. The number of hydrogen-bond acceptors (Lipinski definition) is 2. The number of halogens is 3. The number of aliphatic hydroxyl groups excluding tert-OH is 1. The summed E-state index contributed by atoms with van der Waals surface area (Å²) < 4.78 is 38.6. The van der Waals surface area contributed by atoms with Crippen LogP contribution in [0.3, 0.4) is 0 Å². The van der Waals surface area contributed by atoms with E-state index >= 15 is 0 Å². The molecular formula is C14H20F3NO. The summed E-state index contributed by atoms with van der Waals surface area (Å²) in [5.41, 5.74) is -0.431. The second kappa shape index (κ2) is 6.39. The minimum absolute atomic E-state index is 0.0672. The molecule has 0 amide bonds. The van der Waals surface area contributed by atoms with Crippen molar-refractivity contribution < 1.29 is 18.3 Å². The van der Waals surface area contributed by atoms with Gasteiger partial charge in [0.25, 0.3) is 0 Å². The Kier molecular flexibility index (Phi) is 5.38. The van der Waals surface area contributed by atoms with Crippen LogP contribution >= 0.6 is 0 Å². The zero-order valence-corrected chi connectivity index (χ0v) is 11.3. The molecule has 0 aliphatic heterocycles. The highest BCUT2D eigenvalue weighted by molar-refractivity contribution is 5.32. The molecule has 108 valence electrons. The molecule has 0 spiro atoms. The van der Waals surface area contributed by atoms with Gasteiger partial charge >= 0.3 is 6.18 Å². The maximum atomic E-state index is 12.9. The largest absolute Gasteiger partial charge is 0.416 e. The Morgan fingerprint density at radius 3 is 2.26 bits per heavy atom. The van der Waals surface area contributed by atoms with E-state index in [1.54, 1.807) is 13.0 Å². The van der Waals surface area contributed by atoms with Crippen LogP contribution in [0.5, 0.6) is 0 Å². The molecule has 0 fully saturated rings. The van der Waals surface area contributed by atoms with Crippen LogP contribution in [0.4, 0.5) is 13.2 Å². The van der Waals surface area contributed by atoms with Gasteiger partial charge in [0.1, 0.15) is 0 Å². The quantitative estimate of drug-likeness (QED) is 0.863. The molecule has 5 heteroatoms. The van der Waals surface area contributed by atoms with E-state index in [-0.39, 0.29) is 18.0 Å². The summed E-state index contributed by atoms with van der Waals surface area (Å²) in [4.78, 5) is 0. The second-order valence-electron chi connectivity index (χ2n) is 5.03. The summed E-state index contributed by atoms with van der Waals surface area (Å²) >= 11 is 0. The van der Waals surface area contributed by atoms with E-state index in [1.165, 1.54) is 12.1 Å². The third kappa shape index (κ3) is 4.51. The molecule has 2 atom stereocenters. The monoisotopic (exact) mass is 275 g/mol. The Hall–Kier alpha value is -1.07. The first-order chi connectivity index (χ1) is 8.73. The van der Waals surface area contributed by atoms with Gasteiger partial charge in [0.15, 0.2) is 0 Å². The van der Waals surface area contributed by atoms with Crippen molar-refractivity contribution in [3.05, 3.63) is 35.4 Å². The van der Waals surface area contributed by atoms with E-state index in [0.29, 0.717) is 0 Å². The van der Waals surface area contributed by atoms with Crippen molar-refractivity contribution in [1.82, 2.24) is 5.32 Å². The fraction of sp³-hybridized carbons (Fsp3) is 0.571. The van der Waals surface area contributed by atoms with E-state index in [9.17, 15) is 18.3 Å². The predicted molar refractivity (Wildman–Crippen MR) is 68.7 cm³/mol. The summed E-state index contributed by atoms with van der Waals surface area (Å²) in [6, 6.07) is 5.03. The molecule has 2 unspecified atom stereocenters. The standard InChI is InChI=1S/C14H20F3NO/c1-9(2)13(19)8-18-10(3)11-6-4-5-7-12(11)14(15,16)17/h4-7,9-10,13,18-19H,8H2,1-3H3. The van der Waals surface area contributed by atoms with E-state index in [4.69, 9.17) is 0 Å². The van der Waals surface area contributed by atoms with Crippen LogP contribution < -0.4 is 5.32 Å². The van der Waals surface area contributed by atoms with Crippen molar-refractivity contribution in [2.75, 3.05) is 6.54 Å². The zero-order chi connectivity index (χ0) is 14.6. The number of nitrogens with one attached hydrogen (secondary N) is 1. The summed E-state index contributed by atoms with van der Waals surface area (Å²) in [7, 11) is 0. The molecule has 2 nitrogen and oxygen atoms in total. The van der Waals surface area contributed by atoms with Crippen molar-refractivity contribution in [3.8, 4) is 0 Å². The van der Waals surface area contributed by atoms with Gasteiger partial charge in [-0.05, 0) is 24.5 Å². The Labute approximate surface area is 111 Å². The SMILES string of the molecule is CC(NCC(O)C(C)C)c1ccccc1C(F)(F)F. The first-order valence-electron chi connectivity index (χ1n) is 6.31. The van der Waals surface area contributed by atoms with Crippen molar-refractivity contribution in [3.63, 3.8) is 0 Å². The van der Waals surface area contributed by atoms with E-state index in [2.05, 4.69) is 5.32 Å². The number of alkyl halides is 3. The number of benzene rings is 1. The van der Waals surface area contributed by atoms with Gasteiger partial charge in [0, 0.05) is 12.6 Å². The highest BCUT2D eigenvalue weighted by Gasteiger charge is 2.34. The third-order valence-electron chi connectivity index (χ3n) is 3.14. The summed E-state index contributed by atoms with van der Waals surface area (Å²) in [5.74, 6) is 0.0672. The lowest BCUT2D eigenvalue weighted by Gasteiger charge is -2.22. The van der Waals surface area contributed by atoms with Crippen LogP contribution in [0.2, 0.25) is 0 Å². The Bertz CT molecular complexity index is 404. The highest BCUT2D eigenvalue weighted by Crippen LogP contribution is 2.34. The lowest BCUT2D eigenvalue weighted by Crippen LogP contribution is -2.33. The molecule has 0 aliphatic rings. The number of aliphatic hydroxyl groups is 1. The molecule has 0 saturated carbocycles. The molecule has 1 aromatic carbocycles. The van der Waals surface area contributed by atoms with E-state index in [1.807, 2.05) is 13.8 Å². The molecule has 1 aromatic rings. The van der Waals surface area contributed by atoms with Crippen LogP contribution in [-0.4, -0.2) is 17.8 Å². The Balaban J connectivity index is 2.80. The summed E-state index contributed by atoms with van der Waals surface area (Å²) in [6.07, 6.45) is -4.93. The average molecular weight is 275 g/mol. The van der Waals surface area contributed by atoms with Gasteiger partial charge in [-0.15, -0.1) is 0 Å². The second-order valence-corrected chi connectivity index (χ2v) is 5.03. The molecule has 0 aromatic heterocycles. The third-order valence-corrected chi connectivity index (χ3v) is 3.14. The van der Waals surface area contributed by atoms with Gasteiger partial charge in [-0.25, -0.2) is 0 Å². The molecule has 0 saturated heterocycles. The Morgan fingerprint density at radius 1 is 1.16 bits per heavy atom. The molecule has 0 heterocycles. The molecule has 19 heavy (non-hydrogen) atoms. The Morgan fingerprint density at radius 2 is 1.74 bits per heavy atom. The fourth-order valence-corrected chi connectivity index (χ4v) is 1.78. The topological polar surface area (TPSA) is 32.3 Å². The van der Waals surface area contributed by atoms with Crippen LogP contribution in [-0.2, 0) is 6.18 Å². The van der Waals surface area contributed by atoms with Crippen molar-refractivity contribution in [1.29, 1.82) is 0 Å². The van der Waals surface area contributed by atoms with E-state index in [0.717, 1.165) is 6.07 Å². The lowest BCUT2D eigenvalue weighted by molar-refractivity contribution is -0.138. The van der Waals surface area contributed by atoms with Gasteiger partial charge in [0.2, 0.25) is 0 Å². The molecule has 0 radical (unpaired) electrons. The van der Waals surface area contributed by atoms with Gasteiger partial charge in [-0.3, -0.25) is 0 Å². The molecule has 2 N–H and O–H groups in total. The molecular weight excluding hydrogens is 255 g/mol. The van der Waals surface area contributed by atoms with Crippen LogP contribution in [0.25, 0.3) is 0 Å². The molecule has 0 bridgehead atoms. The first-order valence-corrected chi connectivity index (χ1v) is 6.31. The summed E-state index contributed by atoms with van der Waals surface area (Å²) in [6.45, 7) is 5.66. The zero-order valence-electron chi connectivity index (χ0n) is 11.3. The number of rotatable bonds is 5. The van der Waals surface area contributed by atoms with Gasteiger partial charge in [0.05, 0.1) is 11.7 Å². The van der Waals surface area contributed by atoms with Gasteiger partial charge < -0.3 is 10.4 Å². The van der Waals surface area contributed by atoms with Crippen LogP contribution in [0.15, 0.2) is 24.3 Å². The van der Waals surface area contributed by atoms with Crippen molar-refractivity contribution in [2.45, 2.75) is 39.1 Å². The molecule has 1 rings (SSSR count). The smallest absolute Gasteiger partial charge is 0.392 e. The maximum Gasteiger partial charge on any atom is 0.416 e. The molecule has 0 aliphatic carbocycles. The maximum absolute atomic E-state index is 12.9. The minimum atomic E-state index is -4.36. The van der Waals surface area contributed by atoms with Gasteiger partial charge in [-0.1, -0.05) is 32.0 Å². The lowest BCUT2D eigenvalue weighted by atomic mass is 10.00. The minimum Gasteiger partial charge on any atom is -0.392 e. The summed E-state index contributed by atoms with van der Waals surface area (Å²) in [5, 5.41) is 12.6.